The Hall–Kier alpha value is -1.67. The summed E-state index contributed by atoms with van der Waals surface area (Å²) in [6.07, 6.45) is 4.36. The maximum atomic E-state index is 12.7. The average molecular weight is 312 g/mol. The lowest BCUT2D eigenvalue weighted by atomic mass is 10.4. The third-order valence-corrected chi connectivity index (χ3v) is 5.07. The third kappa shape index (κ3) is 3.70. The molecule has 7 nitrogen and oxygen atoms in total. The van der Waals surface area contributed by atoms with Crippen LogP contribution in [0.2, 0.25) is 0 Å². The molecule has 0 unspecified atom stereocenters. The summed E-state index contributed by atoms with van der Waals surface area (Å²) in [4.78, 5) is 15.6. The first-order chi connectivity index (χ1) is 10.1. The van der Waals surface area contributed by atoms with Crippen molar-refractivity contribution < 1.29 is 13.2 Å². The first kappa shape index (κ1) is 15.7. The molecule has 0 aromatic carbocycles. The maximum absolute atomic E-state index is 12.7. The highest BCUT2D eigenvalue weighted by Gasteiger charge is 2.30. The first-order valence-electron chi connectivity index (χ1n) is 7.00. The molecule has 0 radical (unpaired) electrons. The third-order valence-electron chi connectivity index (χ3n) is 3.19. The Morgan fingerprint density at radius 3 is 3.05 bits per heavy atom. The van der Waals surface area contributed by atoms with E-state index in [0.29, 0.717) is 31.7 Å². The van der Waals surface area contributed by atoms with Gasteiger partial charge in [0, 0.05) is 32.0 Å². The Morgan fingerprint density at radius 2 is 2.29 bits per heavy atom. The van der Waals surface area contributed by atoms with E-state index in [1.54, 1.807) is 12.3 Å². The second-order valence-corrected chi connectivity index (χ2v) is 6.75. The zero-order chi connectivity index (χ0) is 15.3. The molecule has 2 N–H and O–H groups in total. The summed E-state index contributed by atoms with van der Waals surface area (Å²) in [6, 6.07) is 1.64. The van der Waals surface area contributed by atoms with Crippen molar-refractivity contribution in [2.45, 2.75) is 24.7 Å². The second-order valence-electron chi connectivity index (χ2n) is 4.84. The number of hydrogen-bond acceptors (Lipinski definition) is 5. The number of amides is 1. The van der Waals surface area contributed by atoms with Crippen molar-refractivity contribution in [3.05, 3.63) is 18.5 Å². The van der Waals surface area contributed by atoms with Gasteiger partial charge in [0.1, 0.15) is 4.90 Å². The molecule has 21 heavy (non-hydrogen) atoms. The van der Waals surface area contributed by atoms with Crippen LogP contribution in [0.15, 0.2) is 23.4 Å². The molecule has 8 heteroatoms. The number of pyridine rings is 1. The standard InChI is InChI=1S/C13H20N4O3S/c1-2-5-15-11-4-7-14-9-12(11)21(19,20)17-8-3-6-16-13(18)10-17/h4,7,9H,2-3,5-6,8,10H2,1H3,(H,14,15)(H,16,18). The van der Waals surface area contributed by atoms with E-state index >= 15 is 0 Å². The summed E-state index contributed by atoms with van der Waals surface area (Å²) in [5, 5.41) is 5.76. The number of aromatic nitrogens is 1. The van der Waals surface area contributed by atoms with Crippen LogP contribution in [0.25, 0.3) is 0 Å². The minimum atomic E-state index is -3.73. The van der Waals surface area contributed by atoms with Gasteiger partial charge in [0.05, 0.1) is 12.2 Å². The van der Waals surface area contributed by atoms with Gasteiger partial charge in [-0.1, -0.05) is 6.92 Å². The van der Waals surface area contributed by atoms with Crippen molar-refractivity contribution in [1.29, 1.82) is 0 Å². The average Bonchev–Trinajstić information content (AvgIpc) is 2.70. The van der Waals surface area contributed by atoms with Crippen LogP contribution in [0, 0.1) is 0 Å². The Bertz CT molecular complexity index is 603. The first-order valence-corrected chi connectivity index (χ1v) is 8.44. The minimum Gasteiger partial charge on any atom is -0.384 e. The molecule has 0 aliphatic carbocycles. The van der Waals surface area contributed by atoms with Crippen molar-refractivity contribution in [3.63, 3.8) is 0 Å². The number of rotatable bonds is 5. The molecule has 1 saturated heterocycles. The Morgan fingerprint density at radius 1 is 1.48 bits per heavy atom. The van der Waals surface area contributed by atoms with E-state index in [2.05, 4.69) is 15.6 Å². The van der Waals surface area contributed by atoms with Gasteiger partial charge in [-0.15, -0.1) is 0 Å². The van der Waals surface area contributed by atoms with E-state index in [9.17, 15) is 13.2 Å². The number of nitrogens with one attached hydrogen (secondary N) is 2. The molecule has 1 aromatic rings. The van der Waals surface area contributed by atoms with E-state index in [4.69, 9.17) is 0 Å². The Balaban J connectivity index is 2.32. The van der Waals surface area contributed by atoms with Gasteiger partial charge in [-0.2, -0.15) is 4.31 Å². The summed E-state index contributed by atoms with van der Waals surface area (Å²) < 4.78 is 26.7. The lowest BCUT2D eigenvalue weighted by Gasteiger charge is -2.20. The molecule has 0 bridgehead atoms. The van der Waals surface area contributed by atoms with Crippen molar-refractivity contribution in [1.82, 2.24) is 14.6 Å². The van der Waals surface area contributed by atoms with Crippen LogP contribution in [0.3, 0.4) is 0 Å². The van der Waals surface area contributed by atoms with Crippen LogP contribution >= 0.6 is 0 Å². The van der Waals surface area contributed by atoms with E-state index in [1.165, 1.54) is 10.5 Å². The molecule has 1 fully saturated rings. The van der Waals surface area contributed by atoms with Gasteiger partial charge in [-0.05, 0) is 18.9 Å². The van der Waals surface area contributed by atoms with Crippen LogP contribution in [-0.4, -0.2) is 49.8 Å². The Kier molecular flexibility index (Phi) is 5.13. The molecule has 2 heterocycles. The van der Waals surface area contributed by atoms with Crippen molar-refractivity contribution >= 4 is 21.6 Å². The zero-order valence-electron chi connectivity index (χ0n) is 12.0. The van der Waals surface area contributed by atoms with Crippen LogP contribution in [0.5, 0.6) is 0 Å². The molecule has 1 aliphatic heterocycles. The highest BCUT2D eigenvalue weighted by atomic mass is 32.2. The molecular weight excluding hydrogens is 292 g/mol. The number of nitrogens with zero attached hydrogens (tertiary/aromatic N) is 2. The maximum Gasteiger partial charge on any atom is 0.247 e. The molecule has 0 atom stereocenters. The summed E-state index contributed by atoms with van der Waals surface area (Å²) >= 11 is 0. The van der Waals surface area contributed by atoms with Crippen LogP contribution < -0.4 is 10.6 Å². The van der Waals surface area contributed by atoms with E-state index in [1.807, 2.05) is 6.92 Å². The Labute approximate surface area is 124 Å². The highest BCUT2D eigenvalue weighted by molar-refractivity contribution is 7.89. The monoisotopic (exact) mass is 312 g/mol. The lowest BCUT2D eigenvalue weighted by Crippen LogP contribution is -2.37. The number of anilines is 1. The van der Waals surface area contributed by atoms with Gasteiger partial charge >= 0.3 is 0 Å². The van der Waals surface area contributed by atoms with Gasteiger partial charge in [-0.3, -0.25) is 9.78 Å². The van der Waals surface area contributed by atoms with Crippen molar-refractivity contribution in [2.24, 2.45) is 0 Å². The van der Waals surface area contributed by atoms with E-state index in [0.717, 1.165) is 6.42 Å². The van der Waals surface area contributed by atoms with E-state index < -0.39 is 10.0 Å². The molecule has 1 aliphatic rings. The number of carbonyl (C=O) groups excluding carboxylic acids is 1. The topological polar surface area (TPSA) is 91.4 Å². The second kappa shape index (κ2) is 6.86. The fourth-order valence-electron chi connectivity index (χ4n) is 2.11. The molecule has 0 saturated carbocycles. The fourth-order valence-corrected chi connectivity index (χ4v) is 3.66. The van der Waals surface area contributed by atoms with Crippen molar-refractivity contribution in [2.75, 3.05) is 31.5 Å². The zero-order valence-corrected chi connectivity index (χ0v) is 12.8. The van der Waals surface area contributed by atoms with Gasteiger partial charge in [0.25, 0.3) is 0 Å². The molecule has 1 aromatic heterocycles. The summed E-state index contributed by atoms with van der Waals surface area (Å²) in [5.74, 6) is -0.275. The number of hydrogen-bond donors (Lipinski definition) is 2. The van der Waals surface area contributed by atoms with Crippen LogP contribution in [-0.2, 0) is 14.8 Å². The van der Waals surface area contributed by atoms with Crippen LogP contribution in [0.4, 0.5) is 5.69 Å². The van der Waals surface area contributed by atoms with E-state index in [-0.39, 0.29) is 17.3 Å². The predicted octanol–water partition coefficient (Wildman–Crippen LogP) is 0.414. The fraction of sp³-hybridized carbons (Fsp3) is 0.538. The molecular formula is C13H20N4O3S. The smallest absolute Gasteiger partial charge is 0.247 e. The molecule has 0 spiro atoms. The normalized spacial score (nSPS) is 17.1. The summed E-state index contributed by atoms with van der Waals surface area (Å²) in [7, 11) is -3.73. The SMILES string of the molecule is CCCNc1ccncc1S(=O)(=O)N1CCCNC(=O)C1. The minimum absolute atomic E-state index is 0.119. The predicted molar refractivity (Wildman–Crippen MR) is 79.4 cm³/mol. The van der Waals surface area contributed by atoms with Crippen molar-refractivity contribution in [3.8, 4) is 0 Å². The molecule has 116 valence electrons. The van der Waals surface area contributed by atoms with Gasteiger partial charge < -0.3 is 10.6 Å². The number of carbonyl (C=O) groups is 1. The summed E-state index contributed by atoms with van der Waals surface area (Å²) in [5.41, 5.74) is 0.525. The van der Waals surface area contributed by atoms with Gasteiger partial charge in [-0.25, -0.2) is 8.42 Å². The lowest BCUT2D eigenvalue weighted by molar-refractivity contribution is -0.120. The van der Waals surface area contributed by atoms with Gasteiger partial charge in [0.2, 0.25) is 15.9 Å². The van der Waals surface area contributed by atoms with Crippen LogP contribution in [0.1, 0.15) is 19.8 Å². The summed E-state index contributed by atoms with van der Waals surface area (Å²) in [6.45, 7) is 3.35. The quantitative estimate of drug-likeness (QED) is 0.822. The van der Waals surface area contributed by atoms with Gasteiger partial charge in [0.15, 0.2) is 0 Å². The molecule has 2 rings (SSSR count). The largest absolute Gasteiger partial charge is 0.384 e. The number of sulfonamides is 1. The highest BCUT2D eigenvalue weighted by Crippen LogP contribution is 2.24. The molecule has 1 amide bonds.